The molecule has 3 fully saturated rings. The smallest absolute Gasteiger partial charge is 0.230 e. The topological polar surface area (TPSA) is 64.7 Å². The molecule has 4 heterocycles. The van der Waals surface area contributed by atoms with Crippen molar-refractivity contribution in [1.29, 1.82) is 0 Å². The van der Waals surface area contributed by atoms with Gasteiger partial charge in [0.15, 0.2) is 0 Å². The summed E-state index contributed by atoms with van der Waals surface area (Å²) in [5.74, 6) is 0.382. The fourth-order valence-corrected chi connectivity index (χ4v) is 5.01. The minimum Gasteiger partial charge on any atom is -0.379 e. The standard InChI is InChI=1S/C21H29N5O2/c27-20-21(4-6-26(20)8-7-24-9-11-28-12-10-24)3-5-25(16-21)15-17-1-2-18-14-22-23-19(18)13-17/h1-2,13-14H,3-12,15-16H2,(H,22,23). The van der Waals surface area contributed by atoms with Gasteiger partial charge in [0.25, 0.3) is 0 Å². The molecule has 1 atom stereocenters. The van der Waals surface area contributed by atoms with Gasteiger partial charge in [-0.05, 0) is 31.0 Å². The normalized spacial score (nSPS) is 26.9. The largest absolute Gasteiger partial charge is 0.379 e. The van der Waals surface area contributed by atoms with Crippen molar-refractivity contribution in [3.63, 3.8) is 0 Å². The van der Waals surface area contributed by atoms with Crippen molar-refractivity contribution in [3.05, 3.63) is 30.0 Å². The Balaban J connectivity index is 1.18. The summed E-state index contributed by atoms with van der Waals surface area (Å²) in [6.07, 6.45) is 3.85. The van der Waals surface area contributed by atoms with Gasteiger partial charge in [-0.2, -0.15) is 5.10 Å². The first kappa shape index (κ1) is 18.1. The SMILES string of the molecule is O=C1N(CCN2CCOCC2)CCC12CCN(Cc1ccc3cn[nH]c3c1)C2. The van der Waals surface area contributed by atoms with E-state index in [-0.39, 0.29) is 5.41 Å². The second-order valence-corrected chi connectivity index (χ2v) is 8.53. The Morgan fingerprint density at radius 3 is 2.82 bits per heavy atom. The highest BCUT2D eigenvalue weighted by Gasteiger charge is 2.50. The molecule has 150 valence electrons. The van der Waals surface area contributed by atoms with Crippen LogP contribution in [0.1, 0.15) is 18.4 Å². The lowest BCUT2D eigenvalue weighted by Crippen LogP contribution is -2.43. The molecule has 0 radical (unpaired) electrons. The monoisotopic (exact) mass is 383 g/mol. The summed E-state index contributed by atoms with van der Waals surface area (Å²) < 4.78 is 5.42. The number of nitrogens with zero attached hydrogens (tertiary/aromatic N) is 4. The van der Waals surface area contributed by atoms with E-state index < -0.39 is 0 Å². The lowest BCUT2D eigenvalue weighted by Gasteiger charge is -2.29. The quantitative estimate of drug-likeness (QED) is 0.844. The zero-order valence-electron chi connectivity index (χ0n) is 16.4. The van der Waals surface area contributed by atoms with Gasteiger partial charge in [-0.1, -0.05) is 12.1 Å². The molecule has 28 heavy (non-hydrogen) atoms. The average molecular weight is 383 g/mol. The summed E-state index contributed by atoms with van der Waals surface area (Å²) in [4.78, 5) is 20.1. The fraction of sp³-hybridized carbons (Fsp3) is 0.619. The number of fused-ring (bicyclic) bond motifs is 1. The van der Waals surface area contributed by atoms with E-state index >= 15 is 0 Å². The summed E-state index contributed by atoms with van der Waals surface area (Å²) in [6.45, 7) is 9.15. The van der Waals surface area contributed by atoms with Crippen molar-refractivity contribution < 1.29 is 9.53 Å². The Morgan fingerprint density at radius 2 is 1.93 bits per heavy atom. The van der Waals surface area contributed by atoms with Crippen molar-refractivity contribution in [3.8, 4) is 0 Å². The van der Waals surface area contributed by atoms with Gasteiger partial charge >= 0.3 is 0 Å². The number of benzene rings is 1. The minimum atomic E-state index is -0.150. The van der Waals surface area contributed by atoms with Gasteiger partial charge in [0.1, 0.15) is 0 Å². The first-order valence-electron chi connectivity index (χ1n) is 10.5. The maximum atomic E-state index is 13.2. The van der Waals surface area contributed by atoms with Crippen molar-refractivity contribution >= 4 is 16.8 Å². The molecule has 3 aliphatic heterocycles. The van der Waals surface area contributed by atoms with E-state index in [1.54, 1.807) is 0 Å². The van der Waals surface area contributed by atoms with E-state index in [9.17, 15) is 4.79 Å². The molecule has 0 saturated carbocycles. The number of likely N-dealkylation sites (tertiary alicyclic amines) is 2. The number of amides is 1. The third kappa shape index (κ3) is 3.43. The van der Waals surface area contributed by atoms with Crippen LogP contribution >= 0.6 is 0 Å². The van der Waals surface area contributed by atoms with Crippen LogP contribution in [0, 0.1) is 5.41 Å². The number of morpholine rings is 1. The van der Waals surface area contributed by atoms with Crippen LogP contribution in [0.2, 0.25) is 0 Å². The van der Waals surface area contributed by atoms with E-state index in [2.05, 4.69) is 43.1 Å². The summed E-state index contributed by atoms with van der Waals surface area (Å²) in [7, 11) is 0. The van der Waals surface area contributed by atoms with Crippen molar-refractivity contribution in [2.75, 3.05) is 59.0 Å². The number of H-pyrrole nitrogens is 1. The number of ether oxygens (including phenoxy) is 1. The number of nitrogens with one attached hydrogen (secondary N) is 1. The van der Waals surface area contributed by atoms with Crippen LogP contribution in [-0.2, 0) is 16.1 Å². The first-order chi connectivity index (χ1) is 13.7. The van der Waals surface area contributed by atoms with Crippen LogP contribution in [0.25, 0.3) is 10.9 Å². The molecule has 7 nitrogen and oxygen atoms in total. The van der Waals surface area contributed by atoms with Crippen molar-refractivity contribution in [2.24, 2.45) is 5.41 Å². The second-order valence-electron chi connectivity index (χ2n) is 8.53. The molecular weight excluding hydrogens is 354 g/mol. The molecule has 1 N–H and O–H groups in total. The van der Waals surface area contributed by atoms with E-state index in [4.69, 9.17) is 4.74 Å². The molecule has 2 aromatic rings. The van der Waals surface area contributed by atoms with Crippen LogP contribution in [0.5, 0.6) is 0 Å². The van der Waals surface area contributed by atoms with Crippen LogP contribution in [0.3, 0.4) is 0 Å². The lowest BCUT2D eigenvalue weighted by atomic mass is 9.85. The number of rotatable bonds is 5. The van der Waals surface area contributed by atoms with Crippen LogP contribution in [-0.4, -0.2) is 89.8 Å². The highest BCUT2D eigenvalue weighted by Crippen LogP contribution is 2.41. The Labute approximate surface area is 165 Å². The van der Waals surface area contributed by atoms with Crippen LogP contribution in [0.15, 0.2) is 24.4 Å². The van der Waals surface area contributed by atoms with Gasteiger partial charge in [0.05, 0.1) is 30.3 Å². The molecule has 5 rings (SSSR count). The molecule has 1 unspecified atom stereocenters. The zero-order valence-corrected chi connectivity index (χ0v) is 16.4. The third-order valence-corrected chi connectivity index (χ3v) is 6.74. The highest BCUT2D eigenvalue weighted by atomic mass is 16.5. The molecule has 1 aromatic carbocycles. The van der Waals surface area contributed by atoms with Crippen LogP contribution < -0.4 is 0 Å². The summed E-state index contributed by atoms with van der Waals surface area (Å²) >= 11 is 0. The molecule has 0 aliphatic carbocycles. The maximum absolute atomic E-state index is 13.2. The predicted octanol–water partition coefficient (Wildman–Crippen LogP) is 1.32. The number of carbonyl (C=O) groups excluding carboxylic acids is 1. The molecule has 1 amide bonds. The summed E-state index contributed by atoms with van der Waals surface area (Å²) in [6, 6.07) is 6.47. The highest BCUT2D eigenvalue weighted by molar-refractivity contribution is 5.85. The van der Waals surface area contributed by atoms with Crippen molar-refractivity contribution in [1.82, 2.24) is 24.9 Å². The molecule has 3 aliphatic rings. The first-order valence-corrected chi connectivity index (χ1v) is 10.5. The Morgan fingerprint density at radius 1 is 1.07 bits per heavy atom. The molecule has 1 aromatic heterocycles. The van der Waals surface area contributed by atoms with E-state index in [1.807, 2.05) is 6.20 Å². The maximum Gasteiger partial charge on any atom is 0.230 e. The number of carbonyl (C=O) groups is 1. The zero-order chi connectivity index (χ0) is 19.0. The van der Waals surface area contributed by atoms with Gasteiger partial charge in [-0.3, -0.25) is 19.7 Å². The van der Waals surface area contributed by atoms with Gasteiger partial charge in [-0.25, -0.2) is 0 Å². The van der Waals surface area contributed by atoms with Gasteiger partial charge in [0.2, 0.25) is 5.91 Å². The number of hydrogen-bond acceptors (Lipinski definition) is 5. The van der Waals surface area contributed by atoms with Crippen molar-refractivity contribution in [2.45, 2.75) is 19.4 Å². The number of aromatic nitrogens is 2. The van der Waals surface area contributed by atoms with E-state index in [1.165, 1.54) is 5.56 Å². The van der Waals surface area contributed by atoms with Crippen LogP contribution in [0.4, 0.5) is 0 Å². The Kier molecular flexibility index (Phi) is 4.82. The van der Waals surface area contributed by atoms with Gasteiger partial charge < -0.3 is 9.64 Å². The molecule has 7 heteroatoms. The third-order valence-electron chi connectivity index (χ3n) is 6.74. The molecule has 1 spiro atoms. The second kappa shape index (κ2) is 7.46. The van der Waals surface area contributed by atoms with E-state index in [0.717, 1.165) is 89.3 Å². The Hall–Kier alpha value is -1.96. The summed E-state index contributed by atoms with van der Waals surface area (Å²) in [5, 5.41) is 8.29. The fourth-order valence-electron chi connectivity index (χ4n) is 5.01. The minimum absolute atomic E-state index is 0.150. The number of aromatic amines is 1. The average Bonchev–Trinajstić information content (AvgIpc) is 3.42. The molecule has 3 saturated heterocycles. The number of hydrogen-bond donors (Lipinski definition) is 1. The lowest BCUT2D eigenvalue weighted by molar-refractivity contribution is -0.135. The van der Waals surface area contributed by atoms with Gasteiger partial charge in [-0.15, -0.1) is 0 Å². The Bertz CT molecular complexity index is 846. The van der Waals surface area contributed by atoms with Gasteiger partial charge in [0, 0.05) is 51.2 Å². The summed E-state index contributed by atoms with van der Waals surface area (Å²) in [5.41, 5.74) is 2.21. The van der Waals surface area contributed by atoms with E-state index in [0.29, 0.717) is 5.91 Å². The predicted molar refractivity (Wildman–Crippen MR) is 107 cm³/mol. The molecular formula is C21H29N5O2. The molecule has 0 bridgehead atoms.